The highest BCUT2D eigenvalue weighted by Gasteiger charge is 2.38. The number of benzene rings is 1. The quantitative estimate of drug-likeness (QED) is 0.666. The molecule has 0 radical (unpaired) electrons. The molecule has 29 heavy (non-hydrogen) atoms. The van der Waals surface area contributed by atoms with E-state index in [-0.39, 0.29) is 12.5 Å². The van der Waals surface area contributed by atoms with Gasteiger partial charge >= 0.3 is 0 Å². The Morgan fingerprint density at radius 1 is 1.28 bits per heavy atom. The fraction of sp³-hybridized carbons (Fsp3) is 0.545. The maximum atomic E-state index is 12.6. The van der Waals surface area contributed by atoms with Crippen LogP contribution < -0.4 is 4.74 Å². The highest BCUT2D eigenvalue weighted by atomic mass is 16.5. The Bertz CT molecular complexity index is 848. The van der Waals surface area contributed by atoms with Crippen molar-refractivity contribution in [1.29, 1.82) is 5.26 Å². The summed E-state index contributed by atoms with van der Waals surface area (Å²) in [7, 11) is 1.70. The van der Waals surface area contributed by atoms with Crippen molar-refractivity contribution >= 4 is 5.91 Å². The molecule has 1 aliphatic rings. The second kappa shape index (κ2) is 9.55. The Labute approximate surface area is 171 Å². The first-order valence-corrected chi connectivity index (χ1v) is 10.3. The van der Waals surface area contributed by atoms with E-state index in [9.17, 15) is 10.1 Å². The maximum Gasteiger partial charge on any atom is 0.261 e. The highest BCUT2D eigenvalue weighted by molar-refractivity contribution is 5.79. The second-order valence-corrected chi connectivity index (χ2v) is 7.59. The molecule has 1 aromatic carbocycles. The molecule has 0 aliphatic heterocycles. The summed E-state index contributed by atoms with van der Waals surface area (Å²) in [6.07, 6.45) is 7.40. The standard InChI is InChI=1S/C22H28N4O3/c1-3-4-8-19-24-21(25-29-19)17-9-11-18(12-10-17)28-15-20(27)26(2)22(16-23)13-6-5-7-14-22/h9-12H,3-8,13-15H2,1-2H3. The molecule has 1 aromatic heterocycles. The van der Waals surface area contributed by atoms with Gasteiger partial charge in [0.2, 0.25) is 11.7 Å². The molecular weight excluding hydrogens is 368 g/mol. The summed E-state index contributed by atoms with van der Waals surface area (Å²) in [5.74, 6) is 1.59. The SMILES string of the molecule is CCCCc1nc(-c2ccc(OCC(=O)N(C)C3(C#N)CCCCC3)cc2)no1. The minimum Gasteiger partial charge on any atom is -0.484 e. The highest BCUT2D eigenvalue weighted by Crippen LogP contribution is 2.32. The van der Waals surface area contributed by atoms with Crippen LogP contribution >= 0.6 is 0 Å². The third-order valence-corrected chi connectivity index (χ3v) is 5.59. The van der Waals surface area contributed by atoms with Crippen LogP contribution in [0.25, 0.3) is 11.4 Å². The molecule has 0 N–H and O–H groups in total. The van der Waals surface area contributed by atoms with E-state index >= 15 is 0 Å². The Balaban J connectivity index is 1.56. The summed E-state index contributed by atoms with van der Waals surface area (Å²) < 4.78 is 10.9. The molecule has 2 aromatic rings. The lowest BCUT2D eigenvalue weighted by Crippen LogP contribution is -2.51. The topological polar surface area (TPSA) is 92.2 Å². The van der Waals surface area contributed by atoms with E-state index in [4.69, 9.17) is 9.26 Å². The summed E-state index contributed by atoms with van der Waals surface area (Å²) >= 11 is 0. The van der Waals surface area contributed by atoms with Crippen molar-refractivity contribution in [1.82, 2.24) is 15.0 Å². The van der Waals surface area contributed by atoms with Crippen molar-refractivity contribution in [3.63, 3.8) is 0 Å². The largest absolute Gasteiger partial charge is 0.484 e. The zero-order valence-electron chi connectivity index (χ0n) is 17.2. The average Bonchev–Trinajstić information content (AvgIpc) is 3.25. The van der Waals surface area contributed by atoms with E-state index in [0.717, 1.165) is 56.9 Å². The van der Waals surface area contributed by atoms with Crippen LogP contribution in [0.3, 0.4) is 0 Å². The number of ether oxygens (including phenoxy) is 1. The molecule has 0 spiro atoms. The normalized spacial score (nSPS) is 15.5. The Morgan fingerprint density at radius 2 is 2.00 bits per heavy atom. The van der Waals surface area contributed by atoms with Crippen LogP contribution in [-0.4, -0.2) is 40.1 Å². The average molecular weight is 396 g/mol. The summed E-state index contributed by atoms with van der Waals surface area (Å²) in [4.78, 5) is 18.5. The summed E-state index contributed by atoms with van der Waals surface area (Å²) in [6, 6.07) is 9.62. The number of aromatic nitrogens is 2. The van der Waals surface area contributed by atoms with Gasteiger partial charge in [0, 0.05) is 19.0 Å². The van der Waals surface area contributed by atoms with Crippen molar-refractivity contribution in [2.45, 2.75) is 63.8 Å². The Morgan fingerprint density at radius 3 is 2.66 bits per heavy atom. The van der Waals surface area contributed by atoms with Crippen LogP contribution in [-0.2, 0) is 11.2 Å². The lowest BCUT2D eigenvalue weighted by Gasteiger charge is -2.38. The smallest absolute Gasteiger partial charge is 0.261 e. The zero-order valence-corrected chi connectivity index (χ0v) is 17.2. The molecule has 7 nitrogen and oxygen atoms in total. The van der Waals surface area contributed by atoms with Crippen LogP contribution in [0, 0.1) is 11.3 Å². The van der Waals surface area contributed by atoms with Gasteiger partial charge in [-0.15, -0.1) is 0 Å². The van der Waals surface area contributed by atoms with Gasteiger partial charge in [-0.25, -0.2) is 0 Å². The van der Waals surface area contributed by atoms with Crippen LogP contribution in [0.5, 0.6) is 5.75 Å². The van der Waals surface area contributed by atoms with Crippen molar-refractivity contribution in [3.8, 4) is 23.2 Å². The van der Waals surface area contributed by atoms with E-state index in [1.165, 1.54) is 0 Å². The van der Waals surface area contributed by atoms with Gasteiger partial charge in [0.25, 0.3) is 5.91 Å². The molecule has 1 heterocycles. The monoisotopic (exact) mass is 396 g/mol. The van der Waals surface area contributed by atoms with Crippen LogP contribution in [0.4, 0.5) is 0 Å². The summed E-state index contributed by atoms with van der Waals surface area (Å²) in [5.41, 5.74) is 0.134. The molecule has 0 saturated heterocycles. The maximum absolute atomic E-state index is 12.6. The number of aryl methyl sites for hydroxylation is 1. The van der Waals surface area contributed by atoms with Crippen molar-refractivity contribution < 1.29 is 14.1 Å². The summed E-state index contributed by atoms with van der Waals surface area (Å²) in [5, 5.41) is 13.6. The van der Waals surface area contributed by atoms with Crippen molar-refractivity contribution in [3.05, 3.63) is 30.2 Å². The molecule has 0 atom stereocenters. The lowest BCUT2D eigenvalue weighted by atomic mass is 9.81. The second-order valence-electron chi connectivity index (χ2n) is 7.59. The van der Waals surface area contributed by atoms with Gasteiger partial charge < -0.3 is 14.2 Å². The number of amides is 1. The zero-order chi connectivity index (χ0) is 20.7. The van der Waals surface area contributed by atoms with Crippen LogP contribution in [0.1, 0.15) is 57.8 Å². The van der Waals surface area contributed by atoms with E-state index in [0.29, 0.717) is 17.5 Å². The molecule has 0 bridgehead atoms. The van der Waals surface area contributed by atoms with E-state index in [1.807, 2.05) is 12.1 Å². The third kappa shape index (κ3) is 4.94. The van der Waals surface area contributed by atoms with E-state index in [2.05, 4.69) is 23.1 Å². The molecule has 1 saturated carbocycles. The lowest BCUT2D eigenvalue weighted by molar-refractivity contribution is -0.137. The van der Waals surface area contributed by atoms with Crippen LogP contribution in [0.15, 0.2) is 28.8 Å². The predicted molar refractivity (Wildman–Crippen MR) is 108 cm³/mol. The van der Waals surface area contributed by atoms with Gasteiger partial charge in [0.1, 0.15) is 11.3 Å². The molecule has 0 unspecified atom stereocenters. The minimum atomic E-state index is -0.698. The number of unbranched alkanes of at least 4 members (excludes halogenated alkanes) is 1. The van der Waals surface area contributed by atoms with Gasteiger partial charge in [-0.05, 0) is 43.5 Å². The van der Waals surface area contributed by atoms with Crippen molar-refractivity contribution in [2.24, 2.45) is 0 Å². The number of likely N-dealkylation sites (N-methyl/N-ethyl adjacent to an activating group) is 1. The van der Waals surface area contributed by atoms with Crippen LogP contribution in [0.2, 0.25) is 0 Å². The molecular formula is C22H28N4O3. The molecule has 3 rings (SSSR count). The number of nitriles is 1. The molecule has 1 amide bonds. The molecule has 7 heteroatoms. The number of hydrogen-bond donors (Lipinski definition) is 0. The van der Waals surface area contributed by atoms with Crippen molar-refractivity contribution in [2.75, 3.05) is 13.7 Å². The number of hydrogen-bond acceptors (Lipinski definition) is 6. The van der Waals surface area contributed by atoms with Gasteiger partial charge in [0.05, 0.1) is 6.07 Å². The summed E-state index contributed by atoms with van der Waals surface area (Å²) in [6.45, 7) is 2.02. The minimum absolute atomic E-state index is 0.0946. The predicted octanol–water partition coefficient (Wildman–Crippen LogP) is 4.14. The molecule has 154 valence electrons. The third-order valence-electron chi connectivity index (χ3n) is 5.59. The molecule has 1 fully saturated rings. The first-order valence-electron chi connectivity index (χ1n) is 10.3. The number of carbonyl (C=O) groups excluding carboxylic acids is 1. The van der Waals surface area contributed by atoms with Gasteiger partial charge in [-0.2, -0.15) is 10.2 Å². The Kier molecular flexibility index (Phi) is 6.86. The van der Waals surface area contributed by atoms with E-state index < -0.39 is 5.54 Å². The number of nitrogens with zero attached hydrogens (tertiary/aromatic N) is 4. The first-order chi connectivity index (χ1) is 14.1. The van der Waals surface area contributed by atoms with E-state index in [1.54, 1.807) is 24.1 Å². The first kappa shape index (κ1) is 20.8. The number of rotatable bonds is 8. The fourth-order valence-corrected chi connectivity index (χ4v) is 3.64. The van der Waals surface area contributed by atoms with Gasteiger partial charge in [-0.3, -0.25) is 4.79 Å². The van der Waals surface area contributed by atoms with Gasteiger partial charge in [0.15, 0.2) is 6.61 Å². The number of carbonyl (C=O) groups is 1. The molecule has 1 aliphatic carbocycles. The van der Waals surface area contributed by atoms with Gasteiger partial charge in [-0.1, -0.05) is 37.8 Å². The Hall–Kier alpha value is -2.88. The fourth-order valence-electron chi connectivity index (χ4n) is 3.64.